The van der Waals surface area contributed by atoms with Crippen LogP contribution in [0, 0.1) is 0 Å². The summed E-state index contributed by atoms with van der Waals surface area (Å²) in [6, 6.07) is 72.4. The standard InChI is InChI=1S/C52H34NOP/c54-55(38-20-6-2-7-21-38,39-22-8-3-9-23-39)40-24-16-19-36(33-40)37-31-32-42-41-25-10-13-28-45(41)52(47(42)34-37)46-29-14-11-26-43(46)49-50(52)44-27-12-15-30-48(44)53-51(49)35-17-4-1-5-18-35/h1-34H. The Kier molecular flexibility index (Phi) is 7.08. The molecule has 55 heavy (non-hydrogen) atoms. The number of nitrogens with zero attached hydrogens (tertiary/aromatic N) is 1. The molecule has 0 bridgehead atoms. The van der Waals surface area contributed by atoms with Crippen molar-refractivity contribution in [3.63, 3.8) is 0 Å². The molecule has 258 valence electrons. The van der Waals surface area contributed by atoms with Gasteiger partial charge in [0.1, 0.15) is 0 Å². The average Bonchev–Trinajstić information content (AvgIpc) is 3.74. The summed E-state index contributed by atoms with van der Waals surface area (Å²) in [7, 11) is -3.17. The van der Waals surface area contributed by atoms with Crippen LogP contribution in [0.3, 0.4) is 0 Å². The summed E-state index contributed by atoms with van der Waals surface area (Å²) in [5, 5.41) is 3.64. The third-order valence-electron chi connectivity index (χ3n) is 11.7. The highest BCUT2D eigenvalue weighted by Crippen LogP contribution is 2.65. The third kappa shape index (κ3) is 4.50. The Labute approximate surface area is 320 Å². The van der Waals surface area contributed by atoms with Crippen LogP contribution in [-0.2, 0) is 9.98 Å². The maximum absolute atomic E-state index is 15.5. The van der Waals surface area contributed by atoms with Gasteiger partial charge in [0.25, 0.3) is 0 Å². The minimum Gasteiger partial charge on any atom is -0.309 e. The molecule has 0 N–H and O–H groups in total. The number of aromatic nitrogens is 1. The molecule has 1 atom stereocenters. The zero-order valence-corrected chi connectivity index (χ0v) is 30.8. The van der Waals surface area contributed by atoms with Crippen molar-refractivity contribution in [2.75, 3.05) is 0 Å². The smallest absolute Gasteiger partial charge is 0.171 e. The highest BCUT2D eigenvalue weighted by atomic mass is 31.2. The summed E-state index contributed by atoms with van der Waals surface area (Å²) in [6.45, 7) is 0. The molecular weight excluding hydrogens is 686 g/mol. The van der Waals surface area contributed by atoms with E-state index in [-0.39, 0.29) is 0 Å². The van der Waals surface area contributed by atoms with Gasteiger partial charge in [-0.25, -0.2) is 4.98 Å². The number of benzene rings is 8. The van der Waals surface area contributed by atoms with Crippen LogP contribution < -0.4 is 15.9 Å². The largest absolute Gasteiger partial charge is 0.309 e. The van der Waals surface area contributed by atoms with Crippen molar-refractivity contribution in [2.45, 2.75) is 5.41 Å². The van der Waals surface area contributed by atoms with Gasteiger partial charge in [-0.3, -0.25) is 0 Å². The van der Waals surface area contributed by atoms with Gasteiger partial charge in [-0.15, -0.1) is 0 Å². The van der Waals surface area contributed by atoms with Crippen LogP contribution in [0.25, 0.3) is 55.5 Å². The first-order chi connectivity index (χ1) is 27.2. The minimum atomic E-state index is -3.17. The van der Waals surface area contributed by atoms with Gasteiger partial charge >= 0.3 is 0 Å². The molecule has 2 nitrogen and oxygen atoms in total. The Hall–Kier alpha value is -6.60. The normalized spacial score (nSPS) is 15.1. The predicted molar refractivity (Wildman–Crippen MR) is 228 cm³/mol. The summed E-state index contributed by atoms with van der Waals surface area (Å²) < 4.78 is 15.5. The summed E-state index contributed by atoms with van der Waals surface area (Å²) in [4.78, 5) is 5.40. The number of hydrogen-bond donors (Lipinski definition) is 0. The summed E-state index contributed by atoms with van der Waals surface area (Å²) >= 11 is 0. The van der Waals surface area contributed by atoms with E-state index in [0.717, 1.165) is 49.2 Å². The second-order valence-corrected chi connectivity index (χ2v) is 17.3. The van der Waals surface area contributed by atoms with Crippen LogP contribution in [0.1, 0.15) is 22.3 Å². The predicted octanol–water partition coefficient (Wildman–Crippen LogP) is 11.6. The molecule has 1 spiro atoms. The van der Waals surface area contributed by atoms with Gasteiger partial charge < -0.3 is 4.57 Å². The average molecular weight is 720 g/mol. The fourth-order valence-electron chi connectivity index (χ4n) is 9.45. The van der Waals surface area contributed by atoms with E-state index in [2.05, 4.69) is 140 Å². The first-order valence-corrected chi connectivity index (χ1v) is 20.5. The first kappa shape index (κ1) is 31.9. The fourth-order valence-corrected chi connectivity index (χ4v) is 12.1. The molecule has 0 saturated carbocycles. The molecule has 11 rings (SSSR count). The highest BCUT2D eigenvalue weighted by molar-refractivity contribution is 7.85. The van der Waals surface area contributed by atoms with E-state index >= 15 is 4.57 Å². The molecular formula is C52H34NOP. The number of hydrogen-bond acceptors (Lipinski definition) is 2. The molecule has 1 aromatic heterocycles. The Bertz CT molecular complexity index is 2970. The quantitative estimate of drug-likeness (QED) is 0.166. The number of fused-ring (bicyclic) bond motifs is 12. The van der Waals surface area contributed by atoms with Crippen LogP contribution in [0.15, 0.2) is 206 Å². The fraction of sp³-hybridized carbons (Fsp3) is 0.0192. The van der Waals surface area contributed by atoms with Gasteiger partial charge in [0.2, 0.25) is 0 Å². The van der Waals surface area contributed by atoms with Crippen LogP contribution in [0.4, 0.5) is 0 Å². The molecule has 0 saturated heterocycles. The van der Waals surface area contributed by atoms with E-state index in [1.807, 2.05) is 66.7 Å². The Morgan fingerprint density at radius 1 is 0.400 bits per heavy atom. The SMILES string of the molecule is O=P(c1ccccc1)(c1ccccc1)c1cccc(-c2ccc3c(c2)C2(c4ccccc4-3)c3ccccc3-c3c(-c4ccccc4)nc4ccccc4c32)c1. The van der Waals surface area contributed by atoms with Crippen molar-refractivity contribution in [3.05, 3.63) is 229 Å². The van der Waals surface area contributed by atoms with E-state index in [9.17, 15) is 0 Å². The lowest BCUT2D eigenvalue weighted by atomic mass is 9.69. The van der Waals surface area contributed by atoms with Crippen molar-refractivity contribution in [1.29, 1.82) is 0 Å². The Morgan fingerprint density at radius 3 is 1.65 bits per heavy atom. The van der Waals surface area contributed by atoms with Crippen LogP contribution in [0.2, 0.25) is 0 Å². The second-order valence-electron chi connectivity index (χ2n) is 14.5. The van der Waals surface area contributed by atoms with E-state index in [4.69, 9.17) is 4.98 Å². The first-order valence-electron chi connectivity index (χ1n) is 18.8. The third-order valence-corrected chi connectivity index (χ3v) is 14.8. The summed E-state index contributed by atoms with van der Waals surface area (Å²) in [6.07, 6.45) is 0. The Balaban J connectivity index is 1.20. The molecule has 9 aromatic rings. The Morgan fingerprint density at radius 2 is 0.927 bits per heavy atom. The molecule has 0 fully saturated rings. The highest BCUT2D eigenvalue weighted by Gasteiger charge is 2.53. The van der Waals surface area contributed by atoms with Gasteiger partial charge in [0.05, 0.1) is 16.6 Å². The van der Waals surface area contributed by atoms with Crippen LogP contribution in [0.5, 0.6) is 0 Å². The van der Waals surface area contributed by atoms with Crippen LogP contribution in [-0.4, -0.2) is 4.98 Å². The second kappa shape index (κ2) is 12.2. The topological polar surface area (TPSA) is 30.0 Å². The van der Waals surface area contributed by atoms with Gasteiger partial charge in [-0.05, 0) is 68.3 Å². The lowest BCUT2D eigenvalue weighted by molar-refractivity contribution is 0.592. The molecule has 2 aliphatic rings. The zero-order valence-electron chi connectivity index (χ0n) is 29.9. The van der Waals surface area contributed by atoms with Crippen molar-refractivity contribution in [1.82, 2.24) is 4.98 Å². The van der Waals surface area contributed by atoms with Crippen molar-refractivity contribution >= 4 is 34.0 Å². The number of rotatable bonds is 5. The number of para-hydroxylation sites is 1. The zero-order chi connectivity index (χ0) is 36.6. The monoisotopic (exact) mass is 719 g/mol. The lowest BCUT2D eigenvalue weighted by Crippen LogP contribution is -2.26. The van der Waals surface area contributed by atoms with Gasteiger partial charge in [-0.2, -0.15) is 0 Å². The minimum absolute atomic E-state index is 0.582. The van der Waals surface area contributed by atoms with Gasteiger partial charge in [0, 0.05) is 32.4 Å². The molecule has 0 radical (unpaired) electrons. The van der Waals surface area contributed by atoms with Gasteiger partial charge in [-0.1, -0.05) is 188 Å². The molecule has 3 heteroatoms. The van der Waals surface area contributed by atoms with Crippen molar-refractivity contribution < 1.29 is 4.57 Å². The maximum atomic E-state index is 15.5. The molecule has 8 aromatic carbocycles. The van der Waals surface area contributed by atoms with E-state index in [1.165, 1.54) is 44.5 Å². The molecule has 1 heterocycles. The summed E-state index contributed by atoms with van der Waals surface area (Å²) in [5.74, 6) is 0. The molecule has 0 amide bonds. The lowest BCUT2D eigenvalue weighted by Gasteiger charge is -2.32. The van der Waals surface area contributed by atoms with E-state index in [0.29, 0.717) is 0 Å². The molecule has 0 aliphatic heterocycles. The van der Waals surface area contributed by atoms with E-state index in [1.54, 1.807) is 0 Å². The summed E-state index contributed by atoms with van der Waals surface area (Å²) in [5.41, 5.74) is 14.6. The number of pyridine rings is 1. The van der Waals surface area contributed by atoms with Crippen molar-refractivity contribution in [3.8, 4) is 44.6 Å². The van der Waals surface area contributed by atoms with Crippen molar-refractivity contribution in [2.24, 2.45) is 0 Å². The van der Waals surface area contributed by atoms with Crippen LogP contribution >= 0.6 is 7.14 Å². The maximum Gasteiger partial charge on any atom is 0.171 e. The van der Waals surface area contributed by atoms with E-state index < -0.39 is 12.6 Å². The molecule has 1 unspecified atom stereocenters. The van der Waals surface area contributed by atoms with Gasteiger partial charge in [0.15, 0.2) is 7.14 Å². The molecule has 2 aliphatic carbocycles.